The molecule has 2 N–H and O–H groups in total. The van der Waals surface area contributed by atoms with Gasteiger partial charge in [0.15, 0.2) is 0 Å². The highest BCUT2D eigenvalue weighted by Crippen LogP contribution is 2.27. The normalized spacial score (nSPS) is 13.4. The summed E-state index contributed by atoms with van der Waals surface area (Å²) in [6, 6.07) is 7.01. The van der Waals surface area contributed by atoms with Gasteiger partial charge in [-0.2, -0.15) is 0 Å². The number of hydrogen-bond donors (Lipinski definition) is 2. The molecule has 0 unspecified atom stereocenters. The summed E-state index contributed by atoms with van der Waals surface area (Å²) in [5.41, 5.74) is 0.950. The Morgan fingerprint density at radius 2 is 1.67 bits per heavy atom. The van der Waals surface area contributed by atoms with E-state index < -0.39 is 15.6 Å². The monoisotopic (exact) mass is 313 g/mol. The third-order valence-corrected chi connectivity index (χ3v) is 4.51. The Morgan fingerprint density at radius 3 is 2.19 bits per heavy atom. The fourth-order valence-electron chi connectivity index (χ4n) is 2.86. The van der Waals surface area contributed by atoms with Crippen molar-refractivity contribution in [3.8, 4) is 0 Å². The van der Waals surface area contributed by atoms with Gasteiger partial charge in [-0.1, -0.05) is 45.0 Å². The van der Waals surface area contributed by atoms with E-state index in [4.69, 9.17) is 5.11 Å². The molecule has 0 fully saturated rings. The summed E-state index contributed by atoms with van der Waals surface area (Å²) in [5, 5.41) is 9.11. The van der Waals surface area contributed by atoms with Crippen LogP contribution in [-0.4, -0.2) is 19.1 Å². The molecule has 0 amide bonds. The van der Waals surface area contributed by atoms with Crippen molar-refractivity contribution in [2.45, 2.75) is 58.9 Å². The molecule has 0 saturated carbocycles. The Labute approximate surface area is 128 Å². The zero-order valence-corrected chi connectivity index (χ0v) is 14.4. The van der Waals surface area contributed by atoms with Crippen LogP contribution in [0, 0.1) is 5.41 Å². The Hall–Kier alpha value is -0.910. The minimum absolute atomic E-state index is 0.0445. The molecule has 1 aromatic rings. The summed E-state index contributed by atoms with van der Waals surface area (Å²) in [6.45, 7) is 9.99. The van der Waals surface area contributed by atoms with Gasteiger partial charge in [-0.05, 0) is 36.8 Å². The van der Waals surface area contributed by atoms with Crippen LogP contribution in [0.25, 0.3) is 0 Å². The standard InChI is InChI=1S/C16H27NO3S/c1-15(2,3)12-16(4,5)17-21(19,20)11-14-8-6-7-13(9-14)10-18/h6-9,17-18H,10-12H2,1-5H3. The van der Waals surface area contributed by atoms with Crippen LogP contribution >= 0.6 is 0 Å². The van der Waals surface area contributed by atoms with Crippen LogP contribution in [0.4, 0.5) is 0 Å². The van der Waals surface area contributed by atoms with E-state index >= 15 is 0 Å². The SMILES string of the molecule is CC(C)(C)CC(C)(C)NS(=O)(=O)Cc1cccc(CO)c1. The quantitative estimate of drug-likeness (QED) is 0.848. The molecule has 21 heavy (non-hydrogen) atoms. The number of benzene rings is 1. The molecule has 0 radical (unpaired) electrons. The van der Waals surface area contributed by atoms with Crippen molar-refractivity contribution in [2.75, 3.05) is 0 Å². The van der Waals surface area contributed by atoms with Crippen molar-refractivity contribution in [3.05, 3.63) is 35.4 Å². The maximum Gasteiger partial charge on any atom is 0.216 e. The minimum atomic E-state index is -3.42. The second kappa shape index (κ2) is 6.46. The Balaban J connectivity index is 2.82. The second-order valence-electron chi connectivity index (χ2n) is 7.46. The van der Waals surface area contributed by atoms with Gasteiger partial charge < -0.3 is 5.11 Å². The van der Waals surface area contributed by atoms with Crippen LogP contribution in [0.3, 0.4) is 0 Å². The summed E-state index contributed by atoms with van der Waals surface area (Å²) >= 11 is 0. The summed E-state index contributed by atoms with van der Waals surface area (Å²) in [4.78, 5) is 0. The fourth-order valence-corrected chi connectivity index (χ4v) is 4.46. The van der Waals surface area contributed by atoms with Gasteiger partial charge in [0.2, 0.25) is 10.0 Å². The van der Waals surface area contributed by atoms with Gasteiger partial charge in [0.25, 0.3) is 0 Å². The highest BCUT2D eigenvalue weighted by atomic mass is 32.2. The van der Waals surface area contributed by atoms with Crippen molar-refractivity contribution in [1.29, 1.82) is 0 Å². The van der Waals surface area contributed by atoms with E-state index in [1.165, 1.54) is 0 Å². The third kappa shape index (κ3) is 7.07. The van der Waals surface area contributed by atoms with Crippen LogP contribution in [0.5, 0.6) is 0 Å². The number of aliphatic hydroxyl groups is 1. The van der Waals surface area contributed by atoms with Crippen molar-refractivity contribution in [1.82, 2.24) is 4.72 Å². The molecule has 5 heteroatoms. The molecule has 0 aliphatic rings. The molecule has 0 bridgehead atoms. The molecular weight excluding hydrogens is 286 g/mol. The largest absolute Gasteiger partial charge is 0.392 e. The van der Waals surface area contributed by atoms with E-state index in [0.717, 1.165) is 12.0 Å². The van der Waals surface area contributed by atoms with Crippen molar-refractivity contribution < 1.29 is 13.5 Å². The first-order valence-electron chi connectivity index (χ1n) is 7.13. The first-order valence-corrected chi connectivity index (χ1v) is 8.78. The van der Waals surface area contributed by atoms with Gasteiger partial charge in [-0.3, -0.25) is 0 Å². The summed E-state index contributed by atoms with van der Waals surface area (Å²) in [6.07, 6.45) is 0.746. The summed E-state index contributed by atoms with van der Waals surface area (Å²) < 4.78 is 27.4. The van der Waals surface area contributed by atoms with Crippen LogP contribution in [0.1, 0.15) is 52.2 Å². The first kappa shape index (κ1) is 18.1. The molecule has 120 valence electrons. The Bertz CT molecular complexity index is 571. The minimum Gasteiger partial charge on any atom is -0.392 e. The van der Waals surface area contributed by atoms with E-state index in [0.29, 0.717) is 5.56 Å². The van der Waals surface area contributed by atoms with Crippen molar-refractivity contribution in [3.63, 3.8) is 0 Å². The lowest BCUT2D eigenvalue weighted by Gasteiger charge is -2.33. The zero-order valence-electron chi connectivity index (χ0n) is 13.6. The summed E-state index contributed by atoms with van der Waals surface area (Å²) in [7, 11) is -3.42. The smallest absolute Gasteiger partial charge is 0.216 e. The number of sulfonamides is 1. The average Bonchev–Trinajstić information content (AvgIpc) is 2.23. The van der Waals surface area contributed by atoms with Crippen LogP contribution < -0.4 is 4.72 Å². The summed E-state index contributed by atoms with van der Waals surface area (Å²) in [5.74, 6) is -0.0750. The molecule has 1 rings (SSSR count). The van der Waals surface area contributed by atoms with E-state index in [1.54, 1.807) is 24.3 Å². The maximum atomic E-state index is 12.3. The van der Waals surface area contributed by atoms with Gasteiger partial charge in [-0.15, -0.1) is 0 Å². The number of rotatable bonds is 6. The average molecular weight is 313 g/mol. The Morgan fingerprint density at radius 1 is 1.10 bits per heavy atom. The highest BCUT2D eigenvalue weighted by Gasteiger charge is 2.29. The molecule has 0 spiro atoms. The molecule has 4 nitrogen and oxygen atoms in total. The van der Waals surface area contributed by atoms with Crippen molar-refractivity contribution >= 4 is 10.0 Å². The van der Waals surface area contributed by atoms with Crippen molar-refractivity contribution in [2.24, 2.45) is 5.41 Å². The number of hydrogen-bond acceptors (Lipinski definition) is 3. The number of nitrogens with one attached hydrogen (secondary N) is 1. The molecule has 0 aliphatic carbocycles. The van der Waals surface area contributed by atoms with Crippen LogP contribution in [0.15, 0.2) is 24.3 Å². The van der Waals surface area contributed by atoms with E-state index in [2.05, 4.69) is 25.5 Å². The topological polar surface area (TPSA) is 66.4 Å². The van der Waals surface area contributed by atoms with E-state index in [9.17, 15) is 8.42 Å². The lowest BCUT2D eigenvalue weighted by molar-refractivity contribution is 0.269. The molecule has 0 saturated heterocycles. The lowest BCUT2D eigenvalue weighted by Crippen LogP contribution is -2.46. The lowest BCUT2D eigenvalue weighted by atomic mass is 9.82. The van der Waals surface area contributed by atoms with Gasteiger partial charge in [0.05, 0.1) is 12.4 Å². The predicted octanol–water partition coefficient (Wildman–Crippen LogP) is 2.81. The molecule has 0 heterocycles. The third-order valence-electron chi connectivity index (χ3n) is 2.93. The van der Waals surface area contributed by atoms with E-state index in [-0.39, 0.29) is 17.8 Å². The van der Waals surface area contributed by atoms with E-state index in [1.807, 2.05) is 13.8 Å². The number of aliphatic hydroxyl groups excluding tert-OH is 1. The van der Waals surface area contributed by atoms with Crippen LogP contribution in [-0.2, 0) is 22.4 Å². The van der Waals surface area contributed by atoms with Gasteiger partial charge >= 0.3 is 0 Å². The fraction of sp³-hybridized carbons (Fsp3) is 0.625. The Kier molecular flexibility index (Phi) is 5.58. The molecule has 0 atom stereocenters. The first-order chi connectivity index (χ1) is 9.42. The highest BCUT2D eigenvalue weighted by molar-refractivity contribution is 7.88. The maximum absolute atomic E-state index is 12.3. The predicted molar refractivity (Wildman–Crippen MR) is 86.3 cm³/mol. The van der Waals surface area contributed by atoms with Gasteiger partial charge in [0.1, 0.15) is 0 Å². The molecule has 1 aromatic carbocycles. The second-order valence-corrected chi connectivity index (χ2v) is 9.18. The molecule has 0 aromatic heterocycles. The molecular formula is C16H27NO3S. The van der Waals surface area contributed by atoms with Crippen LogP contribution in [0.2, 0.25) is 0 Å². The zero-order chi connectivity index (χ0) is 16.3. The molecule has 0 aliphatic heterocycles. The van der Waals surface area contributed by atoms with Gasteiger partial charge in [-0.25, -0.2) is 13.1 Å². The van der Waals surface area contributed by atoms with Gasteiger partial charge in [0, 0.05) is 5.54 Å².